The summed E-state index contributed by atoms with van der Waals surface area (Å²) in [7, 11) is -2.22. The maximum absolute atomic E-state index is 11.8. The summed E-state index contributed by atoms with van der Waals surface area (Å²) in [5.74, 6) is -0.262. The Morgan fingerprint density at radius 3 is 2.60 bits per heavy atom. The fraction of sp³-hybridized carbons (Fsp3) is 0.462. The molecule has 1 rings (SSSR count). The van der Waals surface area contributed by atoms with Gasteiger partial charge < -0.3 is 10.4 Å². The minimum Gasteiger partial charge on any atom is -0.393 e. The van der Waals surface area contributed by atoms with Crippen molar-refractivity contribution in [3.63, 3.8) is 0 Å². The molecule has 0 saturated heterocycles. The first kappa shape index (κ1) is 16.6. The molecular weight excluding hydrogens is 280 g/mol. The van der Waals surface area contributed by atoms with Crippen LogP contribution in [0.3, 0.4) is 0 Å². The van der Waals surface area contributed by atoms with Crippen molar-refractivity contribution in [2.75, 3.05) is 12.4 Å². The number of hydrogen-bond donors (Lipinski definition) is 3. The molecule has 20 heavy (non-hydrogen) atoms. The van der Waals surface area contributed by atoms with Gasteiger partial charge in [0.25, 0.3) is 0 Å². The van der Waals surface area contributed by atoms with E-state index in [9.17, 15) is 13.2 Å². The highest BCUT2D eigenvalue weighted by Gasteiger charge is 2.15. The van der Waals surface area contributed by atoms with E-state index in [0.717, 1.165) is 0 Å². The van der Waals surface area contributed by atoms with Crippen molar-refractivity contribution < 1.29 is 18.3 Å². The predicted molar refractivity (Wildman–Crippen MR) is 77.0 cm³/mol. The number of aryl methyl sites for hydroxylation is 1. The van der Waals surface area contributed by atoms with Gasteiger partial charge in [-0.15, -0.1) is 0 Å². The molecule has 112 valence electrons. The molecule has 1 aromatic rings. The Bertz CT molecular complexity index is 582. The molecule has 0 aliphatic heterocycles. The number of nitrogens with one attached hydrogen (secondary N) is 2. The van der Waals surface area contributed by atoms with Crippen molar-refractivity contribution in [3.05, 3.63) is 23.8 Å². The second-order valence-corrected chi connectivity index (χ2v) is 6.48. The number of carbonyl (C=O) groups is 1. The van der Waals surface area contributed by atoms with Crippen LogP contribution in [0.25, 0.3) is 0 Å². The van der Waals surface area contributed by atoms with Gasteiger partial charge in [0.05, 0.1) is 11.0 Å². The summed E-state index contributed by atoms with van der Waals surface area (Å²) >= 11 is 0. The Morgan fingerprint density at radius 2 is 2.05 bits per heavy atom. The third-order valence-electron chi connectivity index (χ3n) is 2.82. The molecule has 0 spiro atoms. The van der Waals surface area contributed by atoms with Gasteiger partial charge in [-0.05, 0) is 45.0 Å². The SMILES string of the molecule is CNS(=O)(=O)c1cc(NC(=O)CCC(C)O)ccc1C. The van der Waals surface area contributed by atoms with Crippen LogP contribution >= 0.6 is 0 Å². The molecule has 0 fully saturated rings. The van der Waals surface area contributed by atoms with Crippen molar-refractivity contribution in [2.24, 2.45) is 0 Å². The highest BCUT2D eigenvalue weighted by molar-refractivity contribution is 7.89. The molecule has 1 unspecified atom stereocenters. The number of benzene rings is 1. The zero-order valence-corrected chi connectivity index (χ0v) is 12.6. The van der Waals surface area contributed by atoms with Gasteiger partial charge in [0.15, 0.2) is 0 Å². The van der Waals surface area contributed by atoms with E-state index in [1.54, 1.807) is 26.0 Å². The lowest BCUT2D eigenvalue weighted by Gasteiger charge is -2.10. The van der Waals surface area contributed by atoms with Crippen molar-refractivity contribution in [2.45, 2.75) is 37.7 Å². The number of carbonyl (C=O) groups excluding carboxylic acids is 1. The van der Waals surface area contributed by atoms with E-state index in [4.69, 9.17) is 5.11 Å². The number of aliphatic hydroxyl groups excluding tert-OH is 1. The van der Waals surface area contributed by atoms with Gasteiger partial charge in [-0.1, -0.05) is 6.07 Å². The van der Waals surface area contributed by atoms with Crippen LogP contribution in [-0.4, -0.2) is 32.6 Å². The summed E-state index contributed by atoms with van der Waals surface area (Å²) in [6.45, 7) is 3.29. The molecule has 0 bridgehead atoms. The molecule has 0 radical (unpaired) electrons. The zero-order chi connectivity index (χ0) is 15.3. The van der Waals surface area contributed by atoms with E-state index >= 15 is 0 Å². The number of amides is 1. The zero-order valence-electron chi connectivity index (χ0n) is 11.8. The normalized spacial score (nSPS) is 13.0. The van der Waals surface area contributed by atoms with E-state index < -0.39 is 16.1 Å². The lowest BCUT2D eigenvalue weighted by molar-refractivity contribution is -0.116. The summed E-state index contributed by atoms with van der Waals surface area (Å²) in [5, 5.41) is 11.7. The Labute approximate surface area is 119 Å². The number of hydrogen-bond acceptors (Lipinski definition) is 4. The van der Waals surface area contributed by atoms with Gasteiger partial charge in [-0.25, -0.2) is 13.1 Å². The quantitative estimate of drug-likeness (QED) is 0.730. The molecule has 6 nitrogen and oxygen atoms in total. The molecule has 0 aromatic heterocycles. The van der Waals surface area contributed by atoms with E-state index in [0.29, 0.717) is 17.7 Å². The first-order valence-corrected chi connectivity index (χ1v) is 7.76. The van der Waals surface area contributed by atoms with Gasteiger partial charge in [0, 0.05) is 12.1 Å². The first-order valence-electron chi connectivity index (χ1n) is 6.28. The lowest BCUT2D eigenvalue weighted by atomic mass is 10.2. The Hall–Kier alpha value is -1.44. The maximum Gasteiger partial charge on any atom is 0.240 e. The summed E-state index contributed by atoms with van der Waals surface area (Å²) in [6.07, 6.45) is -0.00190. The van der Waals surface area contributed by atoms with Crippen LogP contribution in [0.4, 0.5) is 5.69 Å². The van der Waals surface area contributed by atoms with Crippen LogP contribution in [0.5, 0.6) is 0 Å². The summed E-state index contributed by atoms with van der Waals surface area (Å²) in [4.78, 5) is 11.8. The van der Waals surface area contributed by atoms with Crippen LogP contribution in [0.1, 0.15) is 25.3 Å². The van der Waals surface area contributed by atoms with Gasteiger partial charge in [0.2, 0.25) is 15.9 Å². The average molecular weight is 300 g/mol. The van der Waals surface area contributed by atoms with Crippen molar-refractivity contribution in [1.82, 2.24) is 4.72 Å². The van der Waals surface area contributed by atoms with Crippen LogP contribution in [0.2, 0.25) is 0 Å². The fourth-order valence-electron chi connectivity index (χ4n) is 1.64. The molecule has 0 heterocycles. The predicted octanol–water partition coefficient (Wildman–Crippen LogP) is 1.00. The minimum absolute atomic E-state index is 0.133. The highest BCUT2D eigenvalue weighted by Crippen LogP contribution is 2.20. The van der Waals surface area contributed by atoms with Crippen molar-refractivity contribution in [1.29, 1.82) is 0 Å². The van der Waals surface area contributed by atoms with Crippen LogP contribution < -0.4 is 10.0 Å². The topological polar surface area (TPSA) is 95.5 Å². The summed E-state index contributed by atoms with van der Waals surface area (Å²) < 4.78 is 25.9. The van der Waals surface area contributed by atoms with E-state index in [-0.39, 0.29) is 17.2 Å². The van der Waals surface area contributed by atoms with Crippen molar-refractivity contribution >= 4 is 21.6 Å². The Kier molecular flexibility index (Phi) is 5.67. The summed E-state index contributed by atoms with van der Waals surface area (Å²) in [5.41, 5.74) is 1.02. The van der Waals surface area contributed by atoms with Gasteiger partial charge in [0.1, 0.15) is 0 Å². The lowest BCUT2D eigenvalue weighted by Crippen LogP contribution is -2.20. The smallest absolute Gasteiger partial charge is 0.240 e. The van der Waals surface area contributed by atoms with Crippen LogP contribution in [0.15, 0.2) is 23.1 Å². The van der Waals surface area contributed by atoms with E-state index in [1.807, 2.05) is 0 Å². The number of rotatable bonds is 6. The highest BCUT2D eigenvalue weighted by atomic mass is 32.2. The van der Waals surface area contributed by atoms with Gasteiger partial charge in [-0.2, -0.15) is 0 Å². The monoisotopic (exact) mass is 300 g/mol. The largest absolute Gasteiger partial charge is 0.393 e. The van der Waals surface area contributed by atoms with E-state index in [2.05, 4.69) is 10.0 Å². The second kappa shape index (κ2) is 6.83. The van der Waals surface area contributed by atoms with Crippen LogP contribution in [-0.2, 0) is 14.8 Å². The van der Waals surface area contributed by atoms with E-state index in [1.165, 1.54) is 13.1 Å². The van der Waals surface area contributed by atoms with Crippen LogP contribution in [0, 0.1) is 6.92 Å². The average Bonchev–Trinajstić information content (AvgIpc) is 2.38. The molecule has 3 N–H and O–H groups in total. The molecule has 0 saturated carbocycles. The molecular formula is C13H20N2O4S. The van der Waals surface area contributed by atoms with Gasteiger partial charge in [-0.3, -0.25) is 4.79 Å². The van der Waals surface area contributed by atoms with Gasteiger partial charge >= 0.3 is 0 Å². The third-order valence-corrected chi connectivity index (χ3v) is 4.38. The Balaban J connectivity index is 2.89. The standard InChI is InChI=1S/C13H20N2O4S/c1-9-4-6-11(8-12(9)20(18,19)14-3)15-13(17)7-5-10(2)16/h4,6,8,10,14,16H,5,7H2,1-3H3,(H,15,17). The minimum atomic E-state index is -3.55. The molecule has 0 aliphatic rings. The molecule has 1 amide bonds. The number of aliphatic hydroxyl groups is 1. The Morgan fingerprint density at radius 1 is 1.40 bits per heavy atom. The molecule has 7 heteroatoms. The molecule has 1 aromatic carbocycles. The van der Waals surface area contributed by atoms with Crippen molar-refractivity contribution in [3.8, 4) is 0 Å². The molecule has 0 aliphatic carbocycles. The second-order valence-electron chi connectivity index (χ2n) is 4.62. The maximum atomic E-state index is 11.8. The number of anilines is 1. The first-order chi connectivity index (χ1) is 9.26. The third kappa shape index (κ3) is 4.59. The number of sulfonamides is 1. The fourth-order valence-corrected chi connectivity index (χ4v) is 2.63. The summed E-state index contributed by atoms with van der Waals surface area (Å²) in [6, 6.07) is 4.69. The molecule has 1 atom stereocenters.